The number of ether oxygens (including phenoxy) is 1. The molecule has 0 aromatic carbocycles. The summed E-state index contributed by atoms with van der Waals surface area (Å²) in [5, 5.41) is 9.53. The van der Waals surface area contributed by atoms with Gasteiger partial charge < -0.3 is 9.84 Å². The van der Waals surface area contributed by atoms with Gasteiger partial charge in [0, 0.05) is 5.33 Å². The average molecular weight is 209 g/mol. The molecule has 1 unspecified atom stereocenters. The molecule has 0 spiro atoms. The molecule has 0 rings (SSSR count). The molecule has 0 heterocycles. The monoisotopic (exact) mass is 208 g/mol. The van der Waals surface area contributed by atoms with E-state index in [0.717, 1.165) is 6.42 Å². The summed E-state index contributed by atoms with van der Waals surface area (Å²) in [6.45, 7) is 4.59. The quantitative estimate of drug-likeness (QED) is 0.406. The van der Waals surface area contributed by atoms with E-state index in [-0.39, 0.29) is 6.10 Å². The minimum Gasteiger partial charge on any atom is -0.390 e. The Morgan fingerprint density at radius 2 is 2.40 bits per heavy atom. The fourth-order valence-corrected chi connectivity index (χ4v) is 0.617. The van der Waals surface area contributed by atoms with Crippen LogP contribution in [0.25, 0.3) is 0 Å². The summed E-state index contributed by atoms with van der Waals surface area (Å²) in [5.74, 6) is 0. The van der Waals surface area contributed by atoms with Crippen LogP contribution in [0.3, 0.4) is 0 Å². The third-order valence-corrected chi connectivity index (χ3v) is 1.70. The van der Waals surface area contributed by atoms with Gasteiger partial charge in [-0.1, -0.05) is 22.0 Å². The zero-order valence-electron chi connectivity index (χ0n) is 5.92. The highest BCUT2D eigenvalue weighted by Gasteiger charge is 1.99. The second-order valence-electron chi connectivity index (χ2n) is 1.96. The lowest BCUT2D eigenvalue weighted by molar-refractivity contribution is 0.0514. The fourth-order valence-electron chi connectivity index (χ4n) is 0.431. The van der Waals surface area contributed by atoms with Gasteiger partial charge in [-0.05, 0) is 6.42 Å². The van der Waals surface area contributed by atoms with Gasteiger partial charge in [-0.15, -0.1) is 6.58 Å². The lowest BCUT2D eigenvalue weighted by atomic mass is 10.4. The predicted molar refractivity (Wildman–Crippen MR) is 45.4 cm³/mol. The van der Waals surface area contributed by atoms with Crippen LogP contribution in [0.4, 0.5) is 0 Å². The first-order valence-corrected chi connectivity index (χ1v) is 4.36. The maximum Gasteiger partial charge on any atom is 0.0870 e. The normalized spacial score (nSPS) is 13.0. The summed E-state index contributed by atoms with van der Waals surface area (Å²) in [4.78, 5) is 0. The van der Waals surface area contributed by atoms with Gasteiger partial charge in [-0.2, -0.15) is 0 Å². The summed E-state index contributed by atoms with van der Waals surface area (Å²) in [7, 11) is 0. The Hall–Kier alpha value is 0.140. The number of hydrogen-bond donors (Lipinski definition) is 1. The van der Waals surface area contributed by atoms with Crippen LogP contribution in [-0.2, 0) is 4.74 Å². The Balaban J connectivity index is 2.95. The first kappa shape index (κ1) is 10.1. The maximum absolute atomic E-state index is 8.96. The molecule has 0 radical (unpaired) electrons. The summed E-state index contributed by atoms with van der Waals surface area (Å²) < 4.78 is 5.08. The van der Waals surface area contributed by atoms with Crippen molar-refractivity contribution in [1.29, 1.82) is 0 Å². The third-order valence-electron chi connectivity index (χ3n) is 0.955. The van der Waals surface area contributed by atoms with Crippen LogP contribution < -0.4 is 0 Å². The minimum atomic E-state index is -0.384. The number of aliphatic hydroxyl groups is 1. The van der Waals surface area contributed by atoms with Gasteiger partial charge in [-0.3, -0.25) is 0 Å². The molecule has 2 nitrogen and oxygen atoms in total. The van der Waals surface area contributed by atoms with E-state index < -0.39 is 0 Å². The smallest absolute Gasteiger partial charge is 0.0870 e. The van der Waals surface area contributed by atoms with E-state index in [1.165, 1.54) is 0 Å². The highest BCUT2D eigenvalue weighted by Crippen LogP contribution is 1.92. The lowest BCUT2D eigenvalue weighted by Crippen LogP contribution is -2.16. The number of alkyl halides is 1. The summed E-state index contributed by atoms with van der Waals surface area (Å²) in [5.41, 5.74) is 0. The van der Waals surface area contributed by atoms with E-state index in [0.29, 0.717) is 18.5 Å². The van der Waals surface area contributed by atoms with Crippen LogP contribution in [-0.4, -0.2) is 29.8 Å². The molecule has 60 valence electrons. The predicted octanol–water partition coefficient (Wildman–Crippen LogP) is 1.33. The van der Waals surface area contributed by atoms with Crippen molar-refractivity contribution in [3.05, 3.63) is 12.7 Å². The van der Waals surface area contributed by atoms with Crippen molar-refractivity contribution in [2.24, 2.45) is 0 Å². The standard InChI is InChI=1S/C7H13BrO2/c1-2-3-4-10-6-7(9)5-8/h2,7,9H,1,3-6H2. The van der Waals surface area contributed by atoms with Gasteiger partial charge in [0.05, 0.1) is 19.3 Å². The highest BCUT2D eigenvalue weighted by atomic mass is 79.9. The summed E-state index contributed by atoms with van der Waals surface area (Å²) in [6, 6.07) is 0. The van der Waals surface area contributed by atoms with Crippen LogP contribution in [0.15, 0.2) is 12.7 Å². The molecule has 0 amide bonds. The molecule has 1 N–H and O–H groups in total. The molecule has 0 aromatic rings. The number of rotatable bonds is 6. The van der Waals surface area contributed by atoms with E-state index in [4.69, 9.17) is 9.84 Å². The average Bonchev–Trinajstić information content (AvgIpc) is 1.98. The Bertz CT molecular complexity index is 85.7. The molecule has 0 saturated carbocycles. The molecule has 10 heavy (non-hydrogen) atoms. The van der Waals surface area contributed by atoms with Crippen LogP contribution in [0.2, 0.25) is 0 Å². The molecule has 0 fully saturated rings. The molecule has 0 saturated heterocycles. The van der Waals surface area contributed by atoms with Gasteiger partial charge in [0.15, 0.2) is 0 Å². The van der Waals surface area contributed by atoms with Crippen LogP contribution in [0, 0.1) is 0 Å². The van der Waals surface area contributed by atoms with Crippen LogP contribution in [0.5, 0.6) is 0 Å². The van der Waals surface area contributed by atoms with Crippen molar-refractivity contribution >= 4 is 15.9 Å². The van der Waals surface area contributed by atoms with Crippen LogP contribution >= 0.6 is 15.9 Å². The Labute approximate surface area is 70.0 Å². The zero-order valence-corrected chi connectivity index (χ0v) is 7.51. The van der Waals surface area contributed by atoms with Crippen molar-refractivity contribution in [2.45, 2.75) is 12.5 Å². The Morgan fingerprint density at radius 1 is 1.70 bits per heavy atom. The zero-order chi connectivity index (χ0) is 7.82. The third kappa shape index (κ3) is 6.26. The Morgan fingerprint density at radius 3 is 2.90 bits per heavy atom. The first-order valence-electron chi connectivity index (χ1n) is 3.24. The van der Waals surface area contributed by atoms with Crippen molar-refractivity contribution < 1.29 is 9.84 Å². The van der Waals surface area contributed by atoms with E-state index in [1.807, 2.05) is 0 Å². The van der Waals surface area contributed by atoms with Crippen molar-refractivity contribution in [3.63, 3.8) is 0 Å². The molecule has 0 bridgehead atoms. The maximum atomic E-state index is 8.96. The molecular formula is C7H13BrO2. The SMILES string of the molecule is C=CCCOCC(O)CBr. The second-order valence-corrected chi connectivity index (χ2v) is 2.61. The molecule has 3 heteroatoms. The van der Waals surface area contributed by atoms with Gasteiger partial charge in [0.1, 0.15) is 0 Å². The van der Waals surface area contributed by atoms with E-state index >= 15 is 0 Å². The Kier molecular flexibility index (Phi) is 7.35. The molecule has 1 atom stereocenters. The second kappa shape index (κ2) is 7.25. The van der Waals surface area contributed by atoms with Gasteiger partial charge >= 0.3 is 0 Å². The fraction of sp³-hybridized carbons (Fsp3) is 0.714. The van der Waals surface area contributed by atoms with E-state index in [1.54, 1.807) is 6.08 Å². The summed E-state index contributed by atoms with van der Waals surface area (Å²) >= 11 is 3.13. The number of halogens is 1. The highest BCUT2D eigenvalue weighted by molar-refractivity contribution is 9.09. The molecule has 0 aliphatic heterocycles. The lowest BCUT2D eigenvalue weighted by Gasteiger charge is -2.05. The molecular weight excluding hydrogens is 196 g/mol. The van der Waals surface area contributed by atoms with Crippen LogP contribution in [0.1, 0.15) is 6.42 Å². The van der Waals surface area contributed by atoms with Crippen molar-refractivity contribution in [3.8, 4) is 0 Å². The van der Waals surface area contributed by atoms with Crippen molar-refractivity contribution in [1.82, 2.24) is 0 Å². The topological polar surface area (TPSA) is 29.5 Å². The van der Waals surface area contributed by atoms with Gasteiger partial charge in [-0.25, -0.2) is 0 Å². The van der Waals surface area contributed by atoms with E-state index in [9.17, 15) is 0 Å². The van der Waals surface area contributed by atoms with E-state index in [2.05, 4.69) is 22.5 Å². The largest absolute Gasteiger partial charge is 0.390 e. The molecule has 0 aliphatic carbocycles. The summed E-state index contributed by atoms with van der Waals surface area (Å²) in [6.07, 6.45) is 2.25. The van der Waals surface area contributed by atoms with Crippen molar-refractivity contribution in [2.75, 3.05) is 18.5 Å². The number of aliphatic hydroxyl groups excluding tert-OH is 1. The van der Waals surface area contributed by atoms with Gasteiger partial charge in [0.25, 0.3) is 0 Å². The van der Waals surface area contributed by atoms with Gasteiger partial charge in [0.2, 0.25) is 0 Å². The first-order chi connectivity index (χ1) is 4.81. The minimum absolute atomic E-state index is 0.384. The molecule has 0 aromatic heterocycles. The number of hydrogen-bond acceptors (Lipinski definition) is 2. The molecule has 0 aliphatic rings.